The van der Waals surface area contributed by atoms with E-state index in [9.17, 15) is 4.79 Å². The minimum atomic E-state index is -0.170. The molecule has 35 heavy (non-hydrogen) atoms. The molecule has 1 amide bonds. The lowest BCUT2D eigenvalue weighted by Gasteiger charge is -2.30. The Bertz CT molecular complexity index is 1210. The number of hydrogen-bond acceptors (Lipinski definition) is 5. The number of hydrogen-bond donors (Lipinski definition) is 2. The predicted molar refractivity (Wildman–Crippen MR) is 139 cm³/mol. The summed E-state index contributed by atoms with van der Waals surface area (Å²) in [5.74, 6) is 0.414. The first-order chi connectivity index (χ1) is 17.0. The van der Waals surface area contributed by atoms with Gasteiger partial charge < -0.3 is 29.6 Å². The maximum atomic E-state index is 11.8. The second-order valence-electron chi connectivity index (χ2n) is 8.78. The molecule has 0 bridgehead atoms. The average molecular weight is 492 g/mol. The number of benzene rings is 1. The van der Waals surface area contributed by atoms with Crippen LogP contribution in [0.5, 0.6) is 5.75 Å². The molecule has 2 aliphatic rings. The number of pyridine rings is 1. The second kappa shape index (κ2) is 10.1. The summed E-state index contributed by atoms with van der Waals surface area (Å²) in [5, 5.41) is 6.96. The zero-order valence-corrected chi connectivity index (χ0v) is 20.6. The molecule has 5 rings (SSSR count). The van der Waals surface area contributed by atoms with Crippen molar-refractivity contribution in [2.75, 3.05) is 23.9 Å². The lowest BCUT2D eigenvalue weighted by molar-refractivity contribution is -0.114. The third-order valence-corrected chi connectivity index (χ3v) is 6.78. The highest BCUT2D eigenvalue weighted by Crippen LogP contribution is 2.43. The van der Waals surface area contributed by atoms with Crippen LogP contribution in [0.1, 0.15) is 43.2 Å². The number of carbonyl (C=O) groups is 1. The van der Waals surface area contributed by atoms with Crippen LogP contribution in [0.4, 0.5) is 11.4 Å². The predicted octanol–water partition coefficient (Wildman–Crippen LogP) is 4.21. The quantitative estimate of drug-likeness (QED) is 0.480. The van der Waals surface area contributed by atoms with E-state index in [1.165, 1.54) is 6.92 Å². The lowest BCUT2D eigenvalue weighted by atomic mass is 10.0. The van der Waals surface area contributed by atoms with Crippen LogP contribution in [-0.2, 0) is 16.1 Å². The Balaban J connectivity index is 1.58. The monoisotopic (exact) mass is 491 g/mol. The third kappa shape index (κ3) is 4.74. The molecular formula is C26H29N5O3S. The van der Waals surface area contributed by atoms with E-state index in [1.54, 1.807) is 13.3 Å². The van der Waals surface area contributed by atoms with Gasteiger partial charge in [-0.2, -0.15) is 0 Å². The lowest BCUT2D eigenvalue weighted by Crippen LogP contribution is -2.31. The molecular weight excluding hydrogens is 462 g/mol. The van der Waals surface area contributed by atoms with Gasteiger partial charge in [-0.25, -0.2) is 0 Å². The van der Waals surface area contributed by atoms with Gasteiger partial charge >= 0.3 is 0 Å². The van der Waals surface area contributed by atoms with Crippen molar-refractivity contribution in [1.82, 2.24) is 14.9 Å². The van der Waals surface area contributed by atoms with Gasteiger partial charge in [-0.05, 0) is 67.5 Å². The van der Waals surface area contributed by atoms with E-state index >= 15 is 0 Å². The molecule has 4 heterocycles. The van der Waals surface area contributed by atoms with Crippen LogP contribution in [0.3, 0.4) is 0 Å². The molecule has 9 heteroatoms. The van der Waals surface area contributed by atoms with Crippen LogP contribution in [0.2, 0.25) is 0 Å². The Morgan fingerprint density at radius 2 is 2.17 bits per heavy atom. The fraction of sp³-hybridized carbons (Fsp3) is 0.346. The molecule has 0 unspecified atom stereocenters. The number of carbonyl (C=O) groups excluding carboxylic acids is 1. The fourth-order valence-corrected chi connectivity index (χ4v) is 5.28. The first-order valence-electron chi connectivity index (χ1n) is 11.8. The summed E-state index contributed by atoms with van der Waals surface area (Å²) in [4.78, 5) is 18.6. The van der Waals surface area contributed by atoms with Crippen LogP contribution in [0, 0.1) is 0 Å². The van der Waals surface area contributed by atoms with Crippen molar-refractivity contribution in [3.05, 3.63) is 72.3 Å². The van der Waals surface area contributed by atoms with E-state index in [-0.39, 0.29) is 24.1 Å². The summed E-state index contributed by atoms with van der Waals surface area (Å²) < 4.78 is 13.6. The number of anilines is 2. The first-order valence-corrected chi connectivity index (χ1v) is 12.2. The van der Waals surface area contributed by atoms with Gasteiger partial charge in [-0.15, -0.1) is 0 Å². The van der Waals surface area contributed by atoms with E-state index in [1.807, 2.05) is 36.4 Å². The van der Waals surface area contributed by atoms with Gasteiger partial charge in [0, 0.05) is 43.9 Å². The van der Waals surface area contributed by atoms with Crippen LogP contribution < -0.4 is 20.3 Å². The number of nitrogens with zero attached hydrogens (tertiary/aromatic N) is 3. The molecule has 2 aliphatic heterocycles. The summed E-state index contributed by atoms with van der Waals surface area (Å²) in [6.45, 7) is 3.08. The normalized spacial score (nSPS) is 21.7. The van der Waals surface area contributed by atoms with Crippen LogP contribution in [0.25, 0.3) is 0 Å². The Kier molecular flexibility index (Phi) is 6.70. The van der Waals surface area contributed by atoms with E-state index in [4.69, 9.17) is 21.7 Å². The number of ether oxygens (including phenoxy) is 2. The summed E-state index contributed by atoms with van der Waals surface area (Å²) in [5.41, 5.74) is 3.46. The smallest absolute Gasteiger partial charge is 0.221 e. The number of aromatic nitrogens is 2. The fourth-order valence-electron chi connectivity index (χ4n) is 4.94. The summed E-state index contributed by atoms with van der Waals surface area (Å²) >= 11 is 5.86. The molecule has 3 aromatic rings. The molecule has 2 aromatic heterocycles. The van der Waals surface area contributed by atoms with Gasteiger partial charge in [-0.1, -0.05) is 6.07 Å². The van der Waals surface area contributed by atoms with E-state index in [0.29, 0.717) is 16.5 Å². The zero-order chi connectivity index (χ0) is 24.4. The van der Waals surface area contributed by atoms with E-state index < -0.39 is 0 Å². The standard InChI is InChI=1S/C26H29N5O3S/c1-17(32)28-21-15-18(10-11-23(21)33-2)31-25(24(29-26(31)35)20-8-3-4-12-27-20)22-9-5-13-30(22)16-19-7-6-14-34-19/h3-5,8-13,15,19,24-25H,6-7,14,16H2,1-2H3,(H,28,32)(H,29,35)/t19-,24-,25-/m1/s1. The van der Waals surface area contributed by atoms with Crippen LogP contribution in [-0.4, -0.2) is 40.4 Å². The molecule has 2 N–H and O–H groups in total. The Hall–Kier alpha value is -3.43. The van der Waals surface area contributed by atoms with Crippen molar-refractivity contribution in [3.8, 4) is 5.75 Å². The number of methoxy groups -OCH3 is 1. The van der Waals surface area contributed by atoms with Crippen molar-refractivity contribution >= 4 is 34.6 Å². The van der Waals surface area contributed by atoms with Gasteiger partial charge in [0.1, 0.15) is 11.8 Å². The molecule has 0 radical (unpaired) electrons. The van der Waals surface area contributed by atoms with Crippen LogP contribution in [0.15, 0.2) is 60.9 Å². The summed E-state index contributed by atoms with van der Waals surface area (Å²) in [7, 11) is 1.58. The van der Waals surface area contributed by atoms with E-state index in [0.717, 1.165) is 43.1 Å². The van der Waals surface area contributed by atoms with Gasteiger partial charge in [0.05, 0.1) is 30.6 Å². The maximum Gasteiger partial charge on any atom is 0.221 e. The molecule has 0 spiro atoms. The zero-order valence-electron chi connectivity index (χ0n) is 19.8. The Morgan fingerprint density at radius 1 is 1.29 bits per heavy atom. The van der Waals surface area contributed by atoms with Crippen LogP contribution >= 0.6 is 12.2 Å². The van der Waals surface area contributed by atoms with Gasteiger partial charge in [0.2, 0.25) is 5.91 Å². The van der Waals surface area contributed by atoms with Gasteiger partial charge in [0.15, 0.2) is 5.11 Å². The molecule has 0 saturated carbocycles. The number of thiocarbonyl (C=S) groups is 1. The minimum Gasteiger partial charge on any atom is -0.495 e. The average Bonchev–Trinajstić information content (AvgIpc) is 3.60. The molecule has 2 fully saturated rings. The SMILES string of the molecule is COc1ccc(N2C(=S)N[C@H](c3ccccn3)[C@H]2c2cccn2C[C@H]2CCCO2)cc1NC(C)=O. The largest absolute Gasteiger partial charge is 0.495 e. The highest BCUT2D eigenvalue weighted by Gasteiger charge is 2.42. The maximum absolute atomic E-state index is 11.8. The molecule has 3 atom stereocenters. The first kappa shape index (κ1) is 23.3. The molecule has 2 saturated heterocycles. The van der Waals surface area contributed by atoms with Crippen molar-refractivity contribution in [2.45, 2.75) is 44.5 Å². The van der Waals surface area contributed by atoms with Crippen molar-refractivity contribution < 1.29 is 14.3 Å². The van der Waals surface area contributed by atoms with Gasteiger partial charge in [0.25, 0.3) is 0 Å². The topological polar surface area (TPSA) is 80.7 Å². The van der Waals surface area contributed by atoms with Crippen molar-refractivity contribution in [2.24, 2.45) is 0 Å². The third-order valence-electron chi connectivity index (χ3n) is 6.46. The van der Waals surface area contributed by atoms with Crippen molar-refractivity contribution in [1.29, 1.82) is 0 Å². The summed E-state index contributed by atoms with van der Waals surface area (Å²) in [6, 6.07) is 15.5. The number of nitrogens with one attached hydrogen (secondary N) is 2. The highest BCUT2D eigenvalue weighted by molar-refractivity contribution is 7.80. The molecule has 182 valence electrons. The van der Waals surface area contributed by atoms with Gasteiger partial charge in [-0.3, -0.25) is 9.78 Å². The van der Waals surface area contributed by atoms with E-state index in [2.05, 4.69) is 43.4 Å². The Morgan fingerprint density at radius 3 is 2.89 bits per heavy atom. The number of amides is 1. The molecule has 0 aliphatic carbocycles. The Labute approximate surface area is 210 Å². The molecule has 1 aromatic carbocycles. The summed E-state index contributed by atoms with van der Waals surface area (Å²) in [6.07, 6.45) is 6.26. The highest BCUT2D eigenvalue weighted by atomic mass is 32.1. The number of rotatable bonds is 7. The molecule has 8 nitrogen and oxygen atoms in total. The van der Waals surface area contributed by atoms with Crippen molar-refractivity contribution in [3.63, 3.8) is 0 Å². The minimum absolute atomic E-state index is 0.159. The second-order valence-corrected chi connectivity index (χ2v) is 9.17.